The standard InChI is InChI=1S/C8H12BFO/c1-6-3-4-7(9(2)11)8(10)5-6/h3-4,6,11H,5H2,1-2H3. The Kier molecular flexibility index (Phi) is 2.50. The summed E-state index contributed by atoms with van der Waals surface area (Å²) < 4.78 is 13.0. The largest absolute Gasteiger partial charge is 0.446 e. The second kappa shape index (κ2) is 3.22. The summed E-state index contributed by atoms with van der Waals surface area (Å²) in [6, 6.07) is 0. The molecule has 0 saturated heterocycles. The van der Waals surface area contributed by atoms with Crippen LogP contribution in [0.15, 0.2) is 23.5 Å². The maximum atomic E-state index is 13.0. The quantitative estimate of drug-likeness (QED) is 0.572. The van der Waals surface area contributed by atoms with Gasteiger partial charge in [0.2, 0.25) is 0 Å². The van der Waals surface area contributed by atoms with Gasteiger partial charge >= 0.3 is 6.92 Å². The van der Waals surface area contributed by atoms with Crippen molar-refractivity contribution in [3.05, 3.63) is 23.5 Å². The van der Waals surface area contributed by atoms with E-state index in [2.05, 4.69) is 0 Å². The molecule has 0 spiro atoms. The molecule has 0 aromatic heterocycles. The smallest absolute Gasteiger partial charge is 0.322 e. The second-order valence-electron chi connectivity index (χ2n) is 3.08. The molecule has 1 nitrogen and oxygen atoms in total. The van der Waals surface area contributed by atoms with Gasteiger partial charge in [0.15, 0.2) is 0 Å². The Labute approximate surface area is 66.7 Å². The first-order valence-electron chi connectivity index (χ1n) is 3.86. The SMILES string of the molecule is CB(O)C1=C(F)CC(C)C=C1. The lowest BCUT2D eigenvalue weighted by Gasteiger charge is -2.14. The van der Waals surface area contributed by atoms with Crippen LogP contribution in [0.1, 0.15) is 13.3 Å². The molecule has 0 radical (unpaired) electrons. The Balaban J connectivity index is 2.80. The summed E-state index contributed by atoms with van der Waals surface area (Å²) in [4.78, 5) is 0. The number of halogens is 1. The van der Waals surface area contributed by atoms with Crippen molar-refractivity contribution in [3.63, 3.8) is 0 Å². The molecule has 1 rings (SSSR count). The van der Waals surface area contributed by atoms with E-state index in [9.17, 15) is 4.39 Å². The number of hydrogen-bond acceptors (Lipinski definition) is 1. The van der Waals surface area contributed by atoms with E-state index >= 15 is 0 Å². The van der Waals surface area contributed by atoms with Crippen LogP contribution in [-0.2, 0) is 0 Å². The van der Waals surface area contributed by atoms with Crippen molar-refractivity contribution in [2.45, 2.75) is 20.2 Å². The van der Waals surface area contributed by atoms with Crippen molar-refractivity contribution in [3.8, 4) is 0 Å². The molecule has 1 aliphatic carbocycles. The van der Waals surface area contributed by atoms with Crippen LogP contribution in [0.25, 0.3) is 0 Å². The molecule has 3 heteroatoms. The second-order valence-corrected chi connectivity index (χ2v) is 3.08. The molecule has 0 heterocycles. The molecule has 0 saturated carbocycles. The zero-order valence-electron chi connectivity index (χ0n) is 6.84. The molecule has 0 aromatic rings. The summed E-state index contributed by atoms with van der Waals surface area (Å²) in [5.41, 5.74) is 0.433. The van der Waals surface area contributed by atoms with Gasteiger partial charge in [-0.15, -0.1) is 0 Å². The minimum atomic E-state index is -0.682. The lowest BCUT2D eigenvalue weighted by atomic mass is 9.61. The van der Waals surface area contributed by atoms with Gasteiger partial charge in [0.1, 0.15) is 0 Å². The van der Waals surface area contributed by atoms with Crippen molar-refractivity contribution in [2.75, 3.05) is 0 Å². The van der Waals surface area contributed by atoms with E-state index in [4.69, 9.17) is 5.02 Å². The van der Waals surface area contributed by atoms with E-state index in [1.165, 1.54) is 0 Å². The molecule has 0 bridgehead atoms. The number of rotatable bonds is 1. The van der Waals surface area contributed by atoms with Crippen LogP contribution in [0.4, 0.5) is 4.39 Å². The third-order valence-corrected chi connectivity index (χ3v) is 1.87. The molecule has 0 aliphatic heterocycles. The topological polar surface area (TPSA) is 20.2 Å². The molecule has 1 unspecified atom stereocenters. The highest BCUT2D eigenvalue weighted by atomic mass is 19.1. The lowest BCUT2D eigenvalue weighted by Crippen LogP contribution is -2.14. The molecule has 11 heavy (non-hydrogen) atoms. The predicted octanol–water partition coefficient (Wildman–Crippen LogP) is 1.96. The van der Waals surface area contributed by atoms with Gasteiger partial charge in [0.25, 0.3) is 0 Å². The van der Waals surface area contributed by atoms with Gasteiger partial charge in [-0.3, -0.25) is 0 Å². The first-order chi connectivity index (χ1) is 5.11. The first-order valence-corrected chi connectivity index (χ1v) is 3.86. The molecular weight excluding hydrogens is 142 g/mol. The molecule has 1 N–H and O–H groups in total. The summed E-state index contributed by atoms with van der Waals surface area (Å²) in [6.07, 6.45) is 4.02. The molecule has 1 aliphatic rings. The maximum Gasteiger partial charge on any atom is 0.322 e. The van der Waals surface area contributed by atoms with Crippen LogP contribution in [0.3, 0.4) is 0 Å². The third-order valence-electron chi connectivity index (χ3n) is 1.87. The van der Waals surface area contributed by atoms with Crippen LogP contribution < -0.4 is 0 Å². The molecule has 0 amide bonds. The fourth-order valence-corrected chi connectivity index (χ4v) is 1.19. The van der Waals surface area contributed by atoms with Crippen LogP contribution >= 0.6 is 0 Å². The van der Waals surface area contributed by atoms with Crippen molar-refractivity contribution in [1.82, 2.24) is 0 Å². The van der Waals surface area contributed by atoms with Crippen molar-refractivity contribution in [1.29, 1.82) is 0 Å². The number of hydrogen-bond donors (Lipinski definition) is 1. The zero-order valence-corrected chi connectivity index (χ0v) is 6.84. The van der Waals surface area contributed by atoms with Crippen LogP contribution in [0, 0.1) is 5.92 Å². The fraction of sp³-hybridized carbons (Fsp3) is 0.500. The van der Waals surface area contributed by atoms with Gasteiger partial charge in [-0.05, 0) is 11.4 Å². The molecule has 60 valence electrons. The highest BCUT2D eigenvalue weighted by Gasteiger charge is 2.18. The molecule has 0 fully saturated rings. The summed E-state index contributed by atoms with van der Waals surface area (Å²) in [5.74, 6) is 0.0903. The van der Waals surface area contributed by atoms with Crippen LogP contribution in [0.2, 0.25) is 6.82 Å². The Morgan fingerprint density at radius 3 is 2.82 bits per heavy atom. The van der Waals surface area contributed by atoms with Gasteiger partial charge in [0, 0.05) is 6.42 Å². The lowest BCUT2D eigenvalue weighted by molar-refractivity contribution is 0.523. The van der Waals surface area contributed by atoms with E-state index in [0.717, 1.165) is 0 Å². The van der Waals surface area contributed by atoms with Gasteiger partial charge in [-0.25, -0.2) is 4.39 Å². The predicted molar refractivity (Wildman–Crippen MR) is 44.9 cm³/mol. The average Bonchev–Trinajstić information content (AvgIpc) is 1.85. The van der Waals surface area contributed by atoms with Gasteiger partial charge in [-0.1, -0.05) is 25.9 Å². The van der Waals surface area contributed by atoms with E-state index in [1.807, 2.05) is 13.0 Å². The highest BCUT2D eigenvalue weighted by molar-refractivity contribution is 6.58. The number of allylic oxidation sites excluding steroid dienone is 4. The molecule has 0 aromatic carbocycles. The third kappa shape index (κ3) is 1.93. The van der Waals surface area contributed by atoms with Crippen LogP contribution in [0.5, 0.6) is 0 Å². The van der Waals surface area contributed by atoms with E-state index < -0.39 is 6.92 Å². The first kappa shape index (κ1) is 8.53. The average molecular weight is 154 g/mol. The fourth-order valence-electron chi connectivity index (χ4n) is 1.19. The minimum Gasteiger partial charge on any atom is -0.446 e. The summed E-state index contributed by atoms with van der Waals surface area (Å²) in [5, 5.41) is 9.08. The summed E-state index contributed by atoms with van der Waals surface area (Å²) >= 11 is 0. The van der Waals surface area contributed by atoms with Gasteiger partial charge in [0.05, 0.1) is 5.83 Å². The Hall–Kier alpha value is -0.565. The summed E-state index contributed by atoms with van der Waals surface area (Å²) in [7, 11) is 0. The maximum absolute atomic E-state index is 13.0. The highest BCUT2D eigenvalue weighted by Crippen LogP contribution is 2.24. The van der Waals surface area contributed by atoms with E-state index in [0.29, 0.717) is 11.9 Å². The Bertz CT molecular complexity index is 208. The summed E-state index contributed by atoms with van der Waals surface area (Å²) in [6.45, 7) is 2.85. The van der Waals surface area contributed by atoms with Gasteiger partial charge in [-0.2, -0.15) is 0 Å². The van der Waals surface area contributed by atoms with E-state index in [-0.39, 0.29) is 11.7 Å². The van der Waals surface area contributed by atoms with Crippen molar-refractivity contribution in [2.24, 2.45) is 5.92 Å². The minimum absolute atomic E-state index is 0.171. The zero-order chi connectivity index (χ0) is 8.43. The van der Waals surface area contributed by atoms with Crippen molar-refractivity contribution < 1.29 is 9.41 Å². The van der Waals surface area contributed by atoms with Crippen LogP contribution in [-0.4, -0.2) is 11.9 Å². The molecule has 1 atom stereocenters. The molecular formula is C8H12BFO. The Morgan fingerprint density at radius 1 is 1.73 bits per heavy atom. The Morgan fingerprint density at radius 2 is 2.36 bits per heavy atom. The normalized spacial score (nSPS) is 24.2. The van der Waals surface area contributed by atoms with E-state index in [1.54, 1.807) is 12.9 Å². The van der Waals surface area contributed by atoms with Crippen molar-refractivity contribution >= 4 is 6.92 Å². The van der Waals surface area contributed by atoms with Gasteiger partial charge < -0.3 is 5.02 Å². The monoisotopic (exact) mass is 154 g/mol.